The highest BCUT2D eigenvalue weighted by Crippen LogP contribution is 2.18. The Labute approximate surface area is 102 Å². The van der Waals surface area contributed by atoms with Crippen molar-refractivity contribution < 1.29 is 14.6 Å². The predicted molar refractivity (Wildman–Crippen MR) is 64.0 cm³/mol. The van der Waals surface area contributed by atoms with Crippen molar-refractivity contribution in [1.29, 1.82) is 0 Å². The lowest BCUT2D eigenvalue weighted by Gasteiger charge is -2.41. The van der Waals surface area contributed by atoms with Crippen LogP contribution in [0, 0.1) is 0 Å². The van der Waals surface area contributed by atoms with Crippen molar-refractivity contribution in [1.82, 2.24) is 10.3 Å². The van der Waals surface area contributed by atoms with Crippen molar-refractivity contribution in [3.05, 3.63) is 0 Å². The van der Waals surface area contributed by atoms with Crippen LogP contribution in [0.1, 0.15) is 26.7 Å². The summed E-state index contributed by atoms with van der Waals surface area (Å²) in [5.41, 5.74) is 2.22. The molecule has 0 aliphatic carbocycles. The smallest absolute Gasteiger partial charge is 0.251 e. The van der Waals surface area contributed by atoms with E-state index in [1.54, 1.807) is 0 Å². The summed E-state index contributed by atoms with van der Waals surface area (Å²) in [4.78, 5) is 13.8. The van der Waals surface area contributed by atoms with Gasteiger partial charge < -0.3 is 9.84 Å². The Morgan fingerprint density at radius 1 is 1.71 bits per heavy atom. The Morgan fingerprint density at radius 2 is 2.41 bits per heavy atom. The van der Waals surface area contributed by atoms with Gasteiger partial charge in [0.2, 0.25) is 0 Å². The molecular weight excluding hydrogens is 222 g/mol. The van der Waals surface area contributed by atoms with Crippen molar-refractivity contribution in [2.45, 2.75) is 44.9 Å². The molecule has 1 amide bonds. The molecule has 100 valence electrons. The van der Waals surface area contributed by atoms with Crippen LogP contribution in [0.2, 0.25) is 0 Å². The molecule has 1 aliphatic heterocycles. The second kappa shape index (κ2) is 6.90. The van der Waals surface area contributed by atoms with Crippen LogP contribution < -0.4 is 11.3 Å². The molecule has 3 atom stereocenters. The number of ether oxygens (including phenoxy) is 1. The van der Waals surface area contributed by atoms with Crippen LogP contribution in [0.4, 0.5) is 0 Å². The number of hydrogen-bond donors (Lipinski definition) is 3. The molecule has 0 spiro atoms. The van der Waals surface area contributed by atoms with Crippen LogP contribution in [0.15, 0.2) is 0 Å². The summed E-state index contributed by atoms with van der Waals surface area (Å²) in [6, 6.07) is -0.0791. The lowest BCUT2D eigenvalue weighted by Crippen LogP contribution is -2.58. The van der Waals surface area contributed by atoms with Crippen LogP contribution in [0.5, 0.6) is 0 Å². The minimum Gasteiger partial charge on any atom is -0.394 e. The van der Waals surface area contributed by atoms with E-state index in [9.17, 15) is 4.79 Å². The third-order valence-electron chi connectivity index (χ3n) is 3.16. The summed E-state index contributed by atoms with van der Waals surface area (Å²) in [5.74, 6) is 5.05. The van der Waals surface area contributed by atoms with Crippen LogP contribution in [-0.4, -0.2) is 53.9 Å². The molecule has 0 aromatic heterocycles. The van der Waals surface area contributed by atoms with Gasteiger partial charge in [-0.25, -0.2) is 5.84 Å². The number of hydrazine groups is 1. The lowest BCUT2D eigenvalue weighted by molar-refractivity contribution is -0.136. The van der Waals surface area contributed by atoms with Gasteiger partial charge in [0.1, 0.15) is 0 Å². The summed E-state index contributed by atoms with van der Waals surface area (Å²) >= 11 is 0. The number of carbonyl (C=O) groups is 1. The molecule has 0 aromatic rings. The number of amides is 1. The van der Waals surface area contributed by atoms with Gasteiger partial charge in [0, 0.05) is 12.6 Å². The minimum absolute atomic E-state index is 0.0215. The standard InChI is InChI=1S/C11H23N3O3/c1-3-4-10(11(16)13-12)14-5-9(6-15)17-7-8(14)2/h8-10,15H,3-7,12H2,1-2H3,(H,13,16). The molecule has 17 heavy (non-hydrogen) atoms. The molecule has 1 saturated heterocycles. The Morgan fingerprint density at radius 3 is 2.94 bits per heavy atom. The van der Waals surface area contributed by atoms with Crippen LogP contribution in [0.25, 0.3) is 0 Å². The molecule has 0 aromatic carbocycles. The van der Waals surface area contributed by atoms with Gasteiger partial charge in [-0.3, -0.25) is 15.1 Å². The average molecular weight is 245 g/mol. The number of morpholine rings is 1. The zero-order valence-corrected chi connectivity index (χ0v) is 10.6. The first-order valence-corrected chi connectivity index (χ1v) is 6.12. The summed E-state index contributed by atoms with van der Waals surface area (Å²) in [5, 5.41) is 9.13. The van der Waals surface area contributed by atoms with Gasteiger partial charge in [0.25, 0.3) is 5.91 Å². The van der Waals surface area contributed by atoms with E-state index in [4.69, 9.17) is 15.7 Å². The number of nitrogens with one attached hydrogen (secondary N) is 1. The van der Waals surface area contributed by atoms with Crippen molar-refractivity contribution in [2.75, 3.05) is 19.8 Å². The van der Waals surface area contributed by atoms with Crippen molar-refractivity contribution in [3.63, 3.8) is 0 Å². The van der Waals surface area contributed by atoms with E-state index in [-0.39, 0.29) is 30.7 Å². The number of carbonyl (C=O) groups excluding carboxylic acids is 1. The molecule has 0 bridgehead atoms. The van der Waals surface area contributed by atoms with Gasteiger partial charge in [0.15, 0.2) is 0 Å². The summed E-state index contributed by atoms with van der Waals surface area (Å²) in [6.07, 6.45) is 1.45. The molecule has 0 radical (unpaired) electrons. The van der Waals surface area contributed by atoms with E-state index >= 15 is 0 Å². The number of hydrogen-bond acceptors (Lipinski definition) is 5. The van der Waals surface area contributed by atoms with Gasteiger partial charge in [-0.2, -0.15) is 0 Å². The molecule has 1 heterocycles. The minimum atomic E-state index is -0.238. The number of aliphatic hydroxyl groups is 1. The van der Waals surface area contributed by atoms with Crippen LogP contribution >= 0.6 is 0 Å². The maximum Gasteiger partial charge on any atom is 0.251 e. The normalized spacial score (nSPS) is 27.8. The maximum absolute atomic E-state index is 11.8. The molecular formula is C11H23N3O3. The molecule has 1 aliphatic rings. The van der Waals surface area contributed by atoms with Gasteiger partial charge in [-0.15, -0.1) is 0 Å². The Hall–Kier alpha value is -0.690. The topological polar surface area (TPSA) is 87.8 Å². The van der Waals surface area contributed by atoms with Crippen LogP contribution in [-0.2, 0) is 9.53 Å². The molecule has 6 heteroatoms. The predicted octanol–water partition coefficient (Wildman–Crippen LogP) is -0.773. The monoisotopic (exact) mass is 245 g/mol. The van der Waals surface area contributed by atoms with Gasteiger partial charge in [0.05, 0.1) is 25.4 Å². The number of aliphatic hydroxyl groups excluding tert-OH is 1. The largest absolute Gasteiger partial charge is 0.394 e. The third kappa shape index (κ3) is 3.64. The molecule has 4 N–H and O–H groups in total. The first-order chi connectivity index (χ1) is 8.13. The fraction of sp³-hybridized carbons (Fsp3) is 0.909. The summed E-state index contributed by atoms with van der Waals surface area (Å²) in [7, 11) is 0. The second-order valence-electron chi connectivity index (χ2n) is 4.50. The third-order valence-corrected chi connectivity index (χ3v) is 3.16. The van der Waals surface area contributed by atoms with Gasteiger partial charge in [-0.05, 0) is 13.3 Å². The SMILES string of the molecule is CCCC(C(=O)NN)N1CC(CO)OCC1C. The first kappa shape index (κ1) is 14.4. The lowest BCUT2D eigenvalue weighted by atomic mass is 10.0. The van der Waals surface area contributed by atoms with Crippen molar-refractivity contribution >= 4 is 5.91 Å². The molecule has 6 nitrogen and oxygen atoms in total. The van der Waals surface area contributed by atoms with Crippen molar-refractivity contribution in [3.8, 4) is 0 Å². The molecule has 1 rings (SSSR count). The van der Waals surface area contributed by atoms with E-state index in [2.05, 4.69) is 10.3 Å². The Bertz CT molecular complexity index is 250. The fourth-order valence-electron chi connectivity index (χ4n) is 2.20. The number of nitrogens with two attached hydrogens (primary N) is 1. The molecule has 1 fully saturated rings. The highest BCUT2D eigenvalue weighted by molar-refractivity contribution is 5.81. The zero-order chi connectivity index (χ0) is 12.8. The Balaban J connectivity index is 2.72. The van der Waals surface area contributed by atoms with E-state index in [1.165, 1.54) is 0 Å². The number of nitrogens with zero attached hydrogens (tertiary/aromatic N) is 1. The maximum atomic E-state index is 11.8. The van der Waals surface area contributed by atoms with E-state index in [1.807, 2.05) is 13.8 Å². The number of rotatable bonds is 5. The van der Waals surface area contributed by atoms with Crippen LogP contribution in [0.3, 0.4) is 0 Å². The quantitative estimate of drug-likeness (QED) is 0.336. The molecule has 0 saturated carbocycles. The average Bonchev–Trinajstić information content (AvgIpc) is 2.36. The van der Waals surface area contributed by atoms with E-state index < -0.39 is 0 Å². The van der Waals surface area contributed by atoms with Gasteiger partial charge >= 0.3 is 0 Å². The summed E-state index contributed by atoms with van der Waals surface area (Å²) < 4.78 is 5.46. The fourth-order valence-corrected chi connectivity index (χ4v) is 2.20. The Kier molecular flexibility index (Phi) is 5.84. The second-order valence-corrected chi connectivity index (χ2v) is 4.50. The van der Waals surface area contributed by atoms with Crippen molar-refractivity contribution in [2.24, 2.45) is 5.84 Å². The van der Waals surface area contributed by atoms with Gasteiger partial charge in [-0.1, -0.05) is 13.3 Å². The highest BCUT2D eigenvalue weighted by atomic mass is 16.5. The highest BCUT2D eigenvalue weighted by Gasteiger charge is 2.33. The summed E-state index contributed by atoms with van der Waals surface area (Å²) in [6.45, 7) is 5.12. The zero-order valence-electron chi connectivity index (χ0n) is 10.6. The van der Waals surface area contributed by atoms with E-state index in [0.717, 1.165) is 12.8 Å². The van der Waals surface area contributed by atoms with E-state index in [0.29, 0.717) is 13.2 Å². The molecule has 3 unspecified atom stereocenters. The first-order valence-electron chi connectivity index (χ1n) is 6.12.